The number of nitrogens with zero attached hydrogens (tertiary/aromatic N) is 2. The molecule has 0 radical (unpaired) electrons. The molecule has 0 N–H and O–H groups in total. The van der Waals surface area contributed by atoms with Gasteiger partial charge in [0.05, 0.1) is 0 Å². The predicted octanol–water partition coefficient (Wildman–Crippen LogP) is 3.02. The topological polar surface area (TPSA) is 38.9 Å². The van der Waals surface area contributed by atoms with Gasteiger partial charge in [0.1, 0.15) is 0 Å². The quantitative estimate of drug-likeness (QED) is 0.737. The van der Waals surface area contributed by atoms with E-state index in [9.17, 15) is 0 Å². The molecule has 0 aromatic carbocycles. The van der Waals surface area contributed by atoms with Gasteiger partial charge in [-0.3, -0.25) is 0 Å². The van der Waals surface area contributed by atoms with Crippen molar-refractivity contribution in [2.75, 3.05) is 0 Å². The number of hydrogen-bond acceptors (Lipinski definition) is 3. The van der Waals surface area contributed by atoms with Crippen LogP contribution >= 0.6 is 11.6 Å². The summed E-state index contributed by atoms with van der Waals surface area (Å²) >= 11 is 5.57. The zero-order chi connectivity index (χ0) is 9.26. The van der Waals surface area contributed by atoms with Crippen molar-refractivity contribution in [1.82, 2.24) is 10.1 Å². The van der Waals surface area contributed by atoms with Crippen LogP contribution in [0.15, 0.2) is 4.52 Å². The van der Waals surface area contributed by atoms with Crippen LogP contribution in [0.2, 0.25) is 5.35 Å². The average molecular weight is 201 g/mol. The lowest BCUT2D eigenvalue weighted by Crippen LogP contribution is -1.96. The van der Waals surface area contributed by atoms with Crippen molar-refractivity contribution in [1.29, 1.82) is 0 Å². The molecule has 13 heavy (non-hydrogen) atoms. The zero-order valence-corrected chi connectivity index (χ0v) is 8.42. The van der Waals surface area contributed by atoms with Gasteiger partial charge >= 0.3 is 5.35 Å². The maximum absolute atomic E-state index is 5.57. The Kier molecular flexibility index (Phi) is 2.54. The summed E-state index contributed by atoms with van der Waals surface area (Å²) in [6.07, 6.45) is 4.90. The maximum atomic E-state index is 5.57. The number of hydrogen-bond donors (Lipinski definition) is 0. The van der Waals surface area contributed by atoms with E-state index in [4.69, 9.17) is 16.1 Å². The Hall–Kier alpha value is -0.570. The van der Waals surface area contributed by atoms with Crippen molar-refractivity contribution in [2.24, 2.45) is 5.92 Å². The highest BCUT2D eigenvalue weighted by atomic mass is 35.5. The van der Waals surface area contributed by atoms with Gasteiger partial charge in [0.25, 0.3) is 0 Å². The summed E-state index contributed by atoms with van der Waals surface area (Å²) in [4.78, 5) is 4.05. The van der Waals surface area contributed by atoms with Gasteiger partial charge in [0, 0.05) is 5.92 Å². The molecular formula is C9H13ClN2O. The molecular weight excluding hydrogens is 188 g/mol. The summed E-state index contributed by atoms with van der Waals surface area (Å²) < 4.78 is 4.75. The fourth-order valence-electron chi connectivity index (χ4n) is 2.06. The van der Waals surface area contributed by atoms with E-state index in [1.807, 2.05) is 0 Å². The average Bonchev–Trinajstić information content (AvgIpc) is 2.71. The van der Waals surface area contributed by atoms with E-state index < -0.39 is 0 Å². The zero-order valence-electron chi connectivity index (χ0n) is 7.66. The predicted molar refractivity (Wildman–Crippen MR) is 49.7 cm³/mol. The third-order valence-electron chi connectivity index (χ3n) is 2.90. The Morgan fingerprint density at radius 3 is 2.92 bits per heavy atom. The summed E-state index contributed by atoms with van der Waals surface area (Å²) in [5.41, 5.74) is 0. The van der Waals surface area contributed by atoms with Crippen LogP contribution in [-0.2, 0) is 0 Å². The molecule has 0 saturated heterocycles. The standard InChI is InChI=1S/C9H13ClN2O/c1-2-6-3-4-7(5-6)8-11-9(10)13-12-8/h6-7H,2-5H2,1H3. The third kappa shape index (κ3) is 1.85. The fraction of sp³-hybridized carbons (Fsp3) is 0.778. The molecule has 2 unspecified atom stereocenters. The van der Waals surface area contributed by atoms with Gasteiger partial charge in [0.15, 0.2) is 5.82 Å². The second-order valence-corrected chi connectivity index (χ2v) is 4.01. The minimum absolute atomic E-state index is 0.162. The van der Waals surface area contributed by atoms with Gasteiger partial charge in [-0.2, -0.15) is 4.98 Å². The van der Waals surface area contributed by atoms with Crippen LogP contribution in [0.3, 0.4) is 0 Å². The molecule has 1 heterocycles. The normalized spacial score (nSPS) is 28.2. The van der Waals surface area contributed by atoms with E-state index in [2.05, 4.69) is 17.1 Å². The van der Waals surface area contributed by atoms with E-state index in [1.54, 1.807) is 0 Å². The summed E-state index contributed by atoms with van der Waals surface area (Å²) in [7, 11) is 0. The van der Waals surface area contributed by atoms with Crippen molar-refractivity contribution < 1.29 is 4.52 Å². The van der Waals surface area contributed by atoms with Gasteiger partial charge in [-0.25, -0.2) is 0 Å². The molecule has 2 atom stereocenters. The van der Waals surface area contributed by atoms with E-state index in [-0.39, 0.29) is 5.35 Å². The van der Waals surface area contributed by atoms with Crippen LogP contribution in [0.4, 0.5) is 0 Å². The van der Waals surface area contributed by atoms with Gasteiger partial charge < -0.3 is 4.52 Å². The van der Waals surface area contributed by atoms with Gasteiger partial charge in [-0.05, 0) is 36.8 Å². The van der Waals surface area contributed by atoms with Crippen molar-refractivity contribution in [3.05, 3.63) is 11.2 Å². The second kappa shape index (κ2) is 3.66. The van der Waals surface area contributed by atoms with Crippen molar-refractivity contribution >= 4 is 11.6 Å². The lowest BCUT2D eigenvalue weighted by molar-refractivity contribution is 0.404. The molecule has 72 valence electrons. The molecule has 1 saturated carbocycles. The Bertz CT molecular complexity index is 287. The third-order valence-corrected chi connectivity index (χ3v) is 3.05. The lowest BCUT2D eigenvalue weighted by Gasteiger charge is -2.04. The van der Waals surface area contributed by atoms with Crippen LogP contribution in [0.1, 0.15) is 44.3 Å². The van der Waals surface area contributed by atoms with Gasteiger partial charge in [0.2, 0.25) is 0 Å². The number of rotatable bonds is 2. The summed E-state index contributed by atoms with van der Waals surface area (Å²) in [6, 6.07) is 0. The molecule has 0 bridgehead atoms. The first-order valence-corrected chi connectivity index (χ1v) is 5.16. The molecule has 1 aliphatic carbocycles. The molecule has 0 amide bonds. The summed E-state index contributed by atoms with van der Waals surface area (Å²) in [5.74, 6) is 2.10. The molecule has 0 spiro atoms. The number of halogens is 1. The monoisotopic (exact) mass is 200 g/mol. The van der Waals surface area contributed by atoms with E-state index in [1.165, 1.54) is 25.7 Å². The lowest BCUT2D eigenvalue weighted by atomic mass is 10.0. The van der Waals surface area contributed by atoms with Crippen LogP contribution in [0.5, 0.6) is 0 Å². The maximum Gasteiger partial charge on any atom is 0.320 e. The van der Waals surface area contributed by atoms with Gasteiger partial charge in [-0.1, -0.05) is 18.5 Å². The van der Waals surface area contributed by atoms with Crippen molar-refractivity contribution in [2.45, 2.75) is 38.5 Å². The van der Waals surface area contributed by atoms with Gasteiger partial charge in [-0.15, -0.1) is 0 Å². The first kappa shape index (κ1) is 9.00. The first-order chi connectivity index (χ1) is 6.29. The molecule has 1 aliphatic rings. The highest BCUT2D eigenvalue weighted by Crippen LogP contribution is 2.38. The summed E-state index contributed by atoms with van der Waals surface area (Å²) in [6.45, 7) is 2.23. The second-order valence-electron chi connectivity index (χ2n) is 3.69. The van der Waals surface area contributed by atoms with Crippen LogP contribution in [-0.4, -0.2) is 10.1 Å². The van der Waals surface area contributed by atoms with Crippen LogP contribution in [0, 0.1) is 5.92 Å². The van der Waals surface area contributed by atoms with Crippen LogP contribution < -0.4 is 0 Å². The minimum Gasteiger partial charge on any atom is -0.321 e. The molecule has 2 rings (SSSR count). The molecule has 1 fully saturated rings. The Labute approximate surface area is 82.5 Å². The molecule has 3 nitrogen and oxygen atoms in total. The number of aromatic nitrogens is 2. The largest absolute Gasteiger partial charge is 0.321 e. The first-order valence-electron chi connectivity index (χ1n) is 4.78. The molecule has 1 aromatic heterocycles. The fourth-order valence-corrected chi connectivity index (χ4v) is 2.18. The Morgan fingerprint density at radius 1 is 1.54 bits per heavy atom. The van der Waals surface area contributed by atoms with Crippen LogP contribution in [0.25, 0.3) is 0 Å². The molecule has 0 aliphatic heterocycles. The van der Waals surface area contributed by atoms with Crippen molar-refractivity contribution in [3.63, 3.8) is 0 Å². The SMILES string of the molecule is CCC1CCC(c2noc(Cl)n2)C1. The highest BCUT2D eigenvalue weighted by Gasteiger charge is 2.27. The smallest absolute Gasteiger partial charge is 0.320 e. The highest BCUT2D eigenvalue weighted by molar-refractivity contribution is 6.27. The van der Waals surface area contributed by atoms with E-state index in [0.717, 1.165) is 11.7 Å². The van der Waals surface area contributed by atoms with Crippen molar-refractivity contribution in [3.8, 4) is 0 Å². The summed E-state index contributed by atoms with van der Waals surface area (Å²) in [5, 5.41) is 4.01. The molecule has 4 heteroatoms. The molecule has 1 aromatic rings. The Morgan fingerprint density at radius 2 is 2.38 bits per heavy atom. The minimum atomic E-state index is 0.162. The van der Waals surface area contributed by atoms with E-state index >= 15 is 0 Å². The van der Waals surface area contributed by atoms with E-state index in [0.29, 0.717) is 5.92 Å². The Balaban J connectivity index is 2.03.